The molecule has 0 aliphatic carbocycles. The number of anilines is 1. The Morgan fingerprint density at radius 2 is 1.85 bits per heavy atom. The number of nitrogens with one attached hydrogen (secondary N) is 1. The first-order valence-corrected chi connectivity index (χ1v) is 10.7. The third-order valence-corrected chi connectivity index (χ3v) is 7.02. The molecule has 1 aliphatic rings. The fourth-order valence-electron chi connectivity index (χ4n) is 2.69. The van der Waals surface area contributed by atoms with Crippen LogP contribution < -0.4 is 5.32 Å². The van der Waals surface area contributed by atoms with Gasteiger partial charge in [0.25, 0.3) is 5.91 Å². The van der Waals surface area contributed by atoms with E-state index in [0.717, 1.165) is 9.13 Å². The topological polar surface area (TPSA) is 75.7 Å². The van der Waals surface area contributed by atoms with Crippen molar-refractivity contribution in [3.8, 4) is 0 Å². The summed E-state index contributed by atoms with van der Waals surface area (Å²) in [6.45, 7) is 3.19. The minimum atomic E-state index is -3.64. The molecule has 1 fully saturated rings. The highest BCUT2D eigenvalue weighted by atomic mass is 127. The van der Waals surface area contributed by atoms with Crippen LogP contribution in [0.1, 0.15) is 15.9 Å². The highest BCUT2D eigenvalue weighted by Gasteiger charge is 2.27. The Kier molecular flexibility index (Phi) is 5.96. The van der Waals surface area contributed by atoms with Gasteiger partial charge in [0, 0.05) is 22.2 Å². The Morgan fingerprint density at radius 1 is 1.15 bits per heavy atom. The number of amides is 1. The van der Waals surface area contributed by atoms with Crippen LogP contribution in [0.5, 0.6) is 0 Å². The second kappa shape index (κ2) is 8.03. The van der Waals surface area contributed by atoms with Gasteiger partial charge in [-0.05, 0) is 59.3 Å². The second-order valence-electron chi connectivity index (χ2n) is 5.93. The molecule has 1 saturated heterocycles. The van der Waals surface area contributed by atoms with E-state index in [1.54, 1.807) is 19.1 Å². The molecule has 3 rings (SSSR count). The number of carbonyl (C=O) groups excluding carboxylic acids is 1. The summed E-state index contributed by atoms with van der Waals surface area (Å²) in [6.07, 6.45) is 0. The van der Waals surface area contributed by atoms with E-state index in [2.05, 4.69) is 27.9 Å². The molecular weight excluding hydrogens is 467 g/mol. The van der Waals surface area contributed by atoms with E-state index in [-0.39, 0.29) is 10.8 Å². The monoisotopic (exact) mass is 486 g/mol. The van der Waals surface area contributed by atoms with E-state index in [9.17, 15) is 13.2 Å². The molecule has 0 atom stereocenters. The van der Waals surface area contributed by atoms with E-state index in [4.69, 9.17) is 4.74 Å². The number of ether oxygens (including phenoxy) is 1. The highest BCUT2D eigenvalue weighted by molar-refractivity contribution is 14.1. The van der Waals surface area contributed by atoms with E-state index < -0.39 is 10.0 Å². The van der Waals surface area contributed by atoms with Crippen LogP contribution in [0.3, 0.4) is 0 Å². The molecule has 1 heterocycles. The molecular formula is C18H19IN2O4S. The second-order valence-corrected chi connectivity index (χ2v) is 9.03. The minimum Gasteiger partial charge on any atom is -0.379 e. The molecule has 0 bridgehead atoms. The molecule has 0 spiro atoms. The van der Waals surface area contributed by atoms with E-state index >= 15 is 0 Å². The molecule has 138 valence electrons. The fourth-order valence-corrected chi connectivity index (χ4v) is 4.65. The molecule has 8 heteroatoms. The van der Waals surface area contributed by atoms with Crippen molar-refractivity contribution in [3.63, 3.8) is 0 Å². The van der Waals surface area contributed by atoms with Gasteiger partial charge in [0.1, 0.15) is 0 Å². The first-order valence-electron chi connectivity index (χ1n) is 8.14. The third-order valence-electron chi connectivity index (χ3n) is 4.18. The number of carbonyl (C=O) groups is 1. The Labute approximate surface area is 166 Å². The number of halogens is 1. The maximum Gasteiger partial charge on any atom is 0.256 e. The SMILES string of the molecule is Cc1ccc(S(=O)(=O)N2CCOCC2)cc1C(=O)Nc1ccccc1I. The van der Waals surface area contributed by atoms with E-state index in [1.807, 2.05) is 24.3 Å². The number of rotatable bonds is 4. The number of nitrogens with zero attached hydrogens (tertiary/aromatic N) is 1. The van der Waals surface area contributed by atoms with Crippen molar-refractivity contribution < 1.29 is 17.9 Å². The lowest BCUT2D eigenvalue weighted by Gasteiger charge is -2.26. The zero-order valence-corrected chi connectivity index (χ0v) is 17.2. The zero-order valence-electron chi connectivity index (χ0n) is 14.2. The standard InChI is InChI=1S/C18H19IN2O4S/c1-13-6-7-14(26(23,24)21-8-10-25-11-9-21)12-15(13)18(22)20-17-5-3-2-4-16(17)19/h2-7,12H,8-11H2,1H3,(H,20,22). The molecule has 0 radical (unpaired) electrons. The van der Waals surface area contributed by atoms with Crippen molar-refractivity contribution in [2.24, 2.45) is 0 Å². The maximum absolute atomic E-state index is 12.8. The summed E-state index contributed by atoms with van der Waals surface area (Å²) in [5, 5.41) is 2.85. The lowest BCUT2D eigenvalue weighted by molar-refractivity contribution is 0.0730. The fraction of sp³-hybridized carbons (Fsp3) is 0.278. The normalized spacial score (nSPS) is 15.6. The number of para-hydroxylation sites is 1. The molecule has 1 amide bonds. The van der Waals surface area contributed by atoms with Crippen molar-refractivity contribution in [2.75, 3.05) is 31.6 Å². The van der Waals surface area contributed by atoms with Crippen LogP contribution in [0.15, 0.2) is 47.4 Å². The summed E-state index contributed by atoms with van der Waals surface area (Å²) < 4.78 is 33.2. The summed E-state index contributed by atoms with van der Waals surface area (Å²) in [6, 6.07) is 12.1. The summed E-state index contributed by atoms with van der Waals surface area (Å²) in [7, 11) is -3.64. The van der Waals surface area contributed by atoms with Crippen molar-refractivity contribution >= 4 is 44.2 Å². The molecule has 0 unspecified atom stereocenters. The average molecular weight is 486 g/mol. The quantitative estimate of drug-likeness (QED) is 0.675. The van der Waals surface area contributed by atoms with Gasteiger partial charge in [-0.2, -0.15) is 4.31 Å². The Hall–Kier alpha value is -1.49. The minimum absolute atomic E-state index is 0.123. The molecule has 6 nitrogen and oxygen atoms in total. The van der Waals surface area contributed by atoms with Crippen molar-refractivity contribution in [1.29, 1.82) is 0 Å². The van der Waals surface area contributed by atoms with Gasteiger partial charge in [-0.25, -0.2) is 8.42 Å². The number of sulfonamides is 1. The van der Waals surface area contributed by atoms with Gasteiger partial charge in [0.2, 0.25) is 10.0 Å². The van der Waals surface area contributed by atoms with Gasteiger partial charge < -0.3 is 10.1 Å². The van der Waals surface area contributed by atoms with E-state index in [0.29, 0.717) is 37.6 Å². The maximum atomic E-state index is 12.8. The summed E-state index contributed by atoms with van der Waals surface area (Å²) in [4.78, 5) is 12.8. The van der Waals surface area contributed by atoms with Crippen LogP contribution in [0.25, 0.3) is 0 Å². The Bertz CT molecular complexity index is 925. The average Bonchev–Trinajstić information content (AvgIpc) is 2.64. The highest BCUT2D eigenvalue weighted by Crippen LogP contribution is 2.23. The number of aryl methyl sites for hydroxylation is 1. The summed E-state index contributed by atoms with van der Waals surface area (Å²) >= 11 is 2.14. The lowest BCUT2D eigenvalue weighted by Crippen LogP contribution is -2.40. The van der Waals surface area contributed by atoms with Gasteiger partial charge in [0.15, 0.2) is 0 Å². The van der Waals surface area contributed by atoms with E-state index in [1.165, 1.54) is 10.4 Å². The lowest BCUT2D eigenvalue weighted by atomic mass is 10.1. The number of morpholine rings is 1. The molecule has 0 saturated carbocycles. The third kappa shape index (κ3) is 4.08. The Balaban J connectivity index is 1.90. The first kappa shape index (κ1) is 19.3. The van der Waals surface area contributed by atoms with Crippen LogP contribution in [-0.2, 0) is 14.8 Å². The molecule has 1 N–H and O–H groups in total. The molecule has 0 aromatic heterocycles. The van der Waals surface area contributed by atoms with Crippen molar-refractivity contribution in [2.45, 2.75) is 11.8 Å². The summed E-state index contributed by atoms with van der Waals surface area (Å²) in [5.41, 5.74) is 1.76. The zero-order chi connectivity index (χ0) is 18.7. The largest absolute Gasteiger partial charge is 0.379 e. The molecule has 1 aliphatic heterocycles. The number of hydrogen-bond acceptors (Lipinski definition) is 4. The van der Waals surface area contributed by atoms with Crippen molar-refractivity contribution in [1.82, 2.24) is 4.31 Å². The van der Waals surface area contributed by atoms with Gasteiger partial charge in [0.05, 0.1) is 23.8 Å². The molecule has 2 aromatic carbocycles. The predicted molar refractivity (Wildman–Crippen MR) is 108 cm³/mol. The van der Waals surface area contributed by atoms with Crippen LogP contribution in [0.2, 0.25) is 0 Å². The van der Waals surface area contributed by atoms with Crippen molar-refractivity contribution in [3.05, 3.63) is 57.2 Å². The number of hydrogen-bond donors (Lipinski definition) is 1. The number of benzene rings is 2. The Morgan fingerprint density at radius 3 is 2.54 bits per heavy atom. The van der Waals surface area contributed by atoms with Crippen LogP contribution in [-0.4, -0.2) is 44.9 Å². The predicted octanol–water partition coefficient (Wildman–Crippen LogP) is 2.87. The molecule has 26 heavy (non-hydrogen) atoms. The molecule has 2 aromatic rings. The van der Waals surface area contributed by atoms with Gasteiger partial charge in [-0.15, -0.1) is 0 Å². The summed E-state index contributed by atoms with van der Waals surface area (Å²) in [5.74, 6) is -0.328. The van der Waals surface area contributed by atoms with Gasteiger partial charge in [-0.3, -0.25) is 4.79 Å². The smallest absolute Gasteiger partial charge is 0.256 e. The van der Waals surface area contributed by atoms with Crippen LogP contribution >= 0.6 is 22.6 Å². The van der Waals surface area contributed by atoms with Crippen LogP contribution in [0.4, 0.5) is 5.69 Å². The first-order chi connectivity index (χ1) is 12.4. The van der Waals surface area contributed by atoms with Gasteiger partial charge in [-0.1, -0.05) is 18.2 Å². The van der Waals surface area contributed by atoms with Gasteiger partial charge >= 0.3 is 0 Å². The van der Waals surface area contributed by atoms with Crippen LogP contribution in [0, 0.1) is 10.5 Å².